The van der Waals surface area contributed by atoms with E-state index in [-0.39, 0.29) is 0 Å². The molecular weight excluding hydrogens is 612 g/mol. The number of anilines is 2. The van der Waals surface area contributed by atoms with Gasteiger partial charge in [-0.2, -0.15) is 5.01 Å². The largest absolute Gasteiger partial charge is 0.493 e. The SMILES string of the molecule is COc1cc(NN(C(=O)OC(C)(C)C)c2cc(OC)c(OC)c(OCCN3CCOCC3)c2)cc(OCCN2CCOCC2)c1OC. The van der Waals surface area contributed by atoms with E-state index < -0.39 is 11.7 Å². The van der Waals surface area contributed by atoms with Crippen molar-refractivity contribution in [1.29, 1.82) is 0 Å². The Balaban J connectivity index is 1.64. The van der Waals surface area contributed by atoms with Gasteiger partial charge in [-0.1, -0.05) is 0 Å². The van der Waals surface area contributed by atoms with E-state index in [4.69, 9.17) is 42.6 Å². The predicted molar refractivity (Wildman–Crippen MR) is 177 cm³/mol. The zero-order valence-corrected chi connectivity index (χ0v) is 28.7. The first kappa shape index (κ1) is 36.0. The summed E-state index contributed by atoms with van der Waals surface area (Å²) in [5.41, 5.74) is 3.29. The van der Waals surface area contributed by atoms with Crippen LogP contribution in [0.15, 0.2) is 24.3 Å². The number of methoxy groups -OCH3 is 4. The molecule has 0 atom stereocenters. The average molecular weight is 663 g/mol. The minimum Gasteiger partial charge on any atom is -0.493 e. The van der Waals surface area contributed by atoms with Gasteiger partial charge in [0.15, 0.2) is 23.0 Å². The lowest BCUT2D eigenvalue weighted by molar-refractivity contribution is 0.0320. The molecule has 2 aliphatic rings. The molecule has 0 unspecified atom stereocenters. The van der Waals surface area contributed by atoms with E-state index in [9.17, 15) is 4.79 Å². The highest BCUT2D eigenvalue weighted by atomic mass is 16.6. The molecule has 262 valence electrons. The molecule has 0 spiro atoms. The van der Waals surface area contributed by atoms with E-state index >= 15 is 0 Å². The molecule has 4 rings (SSSR count). The van der Waals surface area contributed by atoms with Crippen molar-refractivity contribution in [2.45, 2.75) is 26.4 Å². The number of benzene rings is 2. The van der Waals surface area contributed by atoms with Gasteiger partial charge in [-0.3, -0.25) is 15.2 Å². The van der Waals surface area contributed by atoms with Crippen LogP contribution in [0.2, 0.25) is 0 Å². The quantitative estimate of drug-likeness (QED) is 0.278. The number of amides is 1. The second-order valence-electron chi connectivity index (χ2n) is 11.9. The molecule has 1 amide bonds. The van der Waals surface area contributed by atoms with Crippen molar-refractivity contribution in [2.75, 3.05) is 118 Å². The Kier molecular flexibility index (Phi) is 13.3. The standard InChI is InChI=1S/C33H50N4O10/c1-33(2,3)47-32(38)37(25-22-27(40-5)31(42-7)29(23-25)46-19-13-36-10-16-44-17-11-36)34-24-20-26(39-4)30(41-6)28(21-24)45-18-12-35-8-14-43-15-9-35/h20-23,34H,8-19H2,1-7H3. The summed E-state index contributed by atoms with van der Waals surface area (Å²) in [5.74, 6) is 2.50. The van der Waals surface area contributed by atoms with Crippen molar-refractivity contribution in [3.8, 4) is 34.5 Å². The number of carbonyl (C=O) groups excluding carboxylic acids is 1. The average Bonchev–Trinajstić information content (AvgIpc) is 3.06. The molecular formula is C33H50N4O10. The Morgan fingerprint density at radius 3 is 1.64 bits per heavy atom. The summed E-state index contributed by atoms with van der Waals surface area (Å²) in [5, 5.41) is 1.28. The van der Waals surface area contributed by atoms with E-state index in [1.807, 2.05) is 0 Å². The molecule has 2 aromatic carbocycles. The highest BCUT2D eigenvalue weighted by molar-refractivity contribution is 5.91. The zero-order chi connectivity index (χ0) is 33.8. The summed E-state index contributed by atoms with van der Waals surface area (Å²) in [6, 6.07) is 6.84. The van der Waals surface area contributed by atoms with Gasteiger partial charge in [0.25, 0.3) is 0 Å². The molecule has 2 aliphatic heterocycles. The fraction of sp³-hybridized carbons (Fsp3) is 0.606. The first-order chi connectivity index (χ1) is 22.6. The normalized spacial score (nSPS) is 15.8. The highest BCUT2D eigenvalue weighted by Crippen LogP contribution is 2.43. The maximum absolute atomic E-state index is 13.8. The molecule has 2 aromatic rings. The first-order valence-corrected chi connectivity index (χ1v) is 15.8. The van der Waals surface area contributed by atoms with Crippen LogP contribution in [0.5, 0.6) is 34.5 Å². The minimum atomic E-state index is -0.781. The molecule has 2 heterocycles. The summed E-state index contributed by atoms with van der Waals surface area (Å²) in [4.78, 5) is 18.3. The number of hydrogen-bond acceptors (Lipinski definition) is 13. The fourth-order valence-corrected chi connectivity index (χ4v) is 5.12. The summed E-state index contributed by atoms with van der Waals surface area (Å²) < 4.78 is 51.7. The van der Waals surface area contributed by atoms with Gasteiger partial charge in [-0.25, -0.2) is 4.79 Å². The lowest BCUT2D eigenvalue weighted by Gasteiger charge is -2.30. The minimum absolute atomic E-state index is 0.376. The topological polar surface area (TPSA) is 122 Å². The van der Waals surface area contributed by atoms with Crippen LogP contribution in [0.3, 0.4) is 0 Å². The van der Waals surface area contributed by atoms with Crippen molar-refractivity contribution in [2.24, 2.45) is 0 Å². The van der Waals surface area contributed by atoms with Gasteiger partial charge in [0.05, 0.1) is 66.2 Å². The molecule has 0 aliphatic carbocycles. The molecule has 0 aromatic heterocycles. The van der Waals surface area contributed by atoms with E-state index in [1.165, 1.54) is 12.1 Å². The molecule has 2 fully saturated rings. The van der Waals surface area contributed by atoms with Crippen LogP contribution in [-0.2, 0) is 14.2 Å². The molecule has 0 saturated carbocycles. The summed E-state index contributed by atoms with van der Waals surface area (Å²) >= 11 is 0. The number of nitrogens with one attached hydrogen (secondary N) is 1. The van der Waals surface area contributed by atoms with Crippen molar-refractivity contribution < 1.29 is 47.4 Å². The number of ether oxygens (including phenoxy) is 9. The molecule has 14 heteroatoms. The Hall–Kier alpha value is -3.85. The third-order valence-corrected chi connectivity index (χ3v) is 7.49. The Bertz CT molecular complexity index is 1290. The van der Waals surface area contributed by atoms with Crippen LogP contribution < -0.4 is 38.9 Å². The van der Waals surface area contributed by atoms with Gasteiger partial charge in [0.1, 0.15) is 18.8 Å². The predicted octanol–water partition coefficient (Wildman–Crippen LogP) is 3.91. The Morgan fingerprint density at radius 2 is 1.17 bits per heavy atom. The highest BCUT2D eigenvalue weighted by Gasteiger charge is 2.28. The van der Waals surface area contributed by atoms with Crippen LogP contribution in [0, 0.1) is 0 Å². The number of hydrogen-bond donors (Lipinski definition) is 1. The second-order valence-corrected chi connectivity index (χ2v) is 11.9. The maximum atomic E-state index is 13.8. The fourth-order valence-electron chi connectivity index (χ4n) is 5.12. The molecule has 14 nitrogen and oxygen atoms in total. The van der Waals surface area contributed by atoms with Crippen LogP contribution in [-0.4, -0.2) is 129 Å². The van der Waals surface area contributed by atoms with Gasteiger partial charge < -0.3 is 42.6 Å². The Morgan fingerprint density at radius 1 is 0.723 bits per heavy atom. The summed E-state index contributed by atoms with van der Waals surface area (Å²) in [6.45, 7) is 13.8. The number of carbonyl (C=O) groups is 1. The zero-order valence-electron chi connectivity index (χ0n) is 28.7. The summed E-state index contributed by atoms with van der Waals surface area (Å²) in [7, 11) is 6.16. The lowest BCUT2D eigenvalue weighted by Crippen LogP contribution is -2.40. The molecule has 47 heavy (non-hydrogen) atoms. The monoisotopic (exact) mass is 662 g/mol. The van der Waals surface area contributed by atoms with Gasteiger partial charge in [-0.05, 0) is 20.8 Å². The molecule has 0 bridgehead atoms. The van der Waals surface area contributed by atoms with Crippen LogP contribution in [0.1, 0.15) is 20.8 Å². The van der Waals surface area contributed by atoms with Gasteiger partial charge >= 0.3 is 6.09 Å². The number of nitrogens with zero attached hydrogens (tertiary/aromatic N) is 3. The van der Waals surface area contributed by atoms with Crippen molar-refractivity contribution in [1.82, 2.24) is 9.80 Å². The molecule has 0 radical (unpaired) electrons. The van der Waals surface area contributed by atoms with Crippen molar-refractivity contribution in [3.63, 3.8) is 0 Å². The number of hydrazine groups is 1. The second kappa shape index (κ2) is 17.3. The Labute approximate surface area is 277 Å². The van der Waals surface area contributed by atoms with E-state index in [0.717, 1.165) is 32.7 Å². The third-order valence-electron chi connectivity index (χ3n) is 7.49. The van der Waals surface area contributed by atoms with Gasteiger partial charge in [0.2, 0.25) is 11.5 Å². The van der Waals surface area contributed by atoms with Crippen LogP contribution in [0.4, 0.5) is 16.2 Å². The van der Waals surface area contributed by atoms with Crippen molar-refractivity contribution in [3.05, 3.63) is 24.3 Å². The molecule has 2 saturated heterocycles. The summed E-state index contributed by atoms with van der Waals surface area (Å²) in [6.07, 6.45) is -0.659. The van der Waals surface area contributed by atoms with Gasteiger partial charge in [0, 0.05) is 63.5 Å². The first-order valence-electron chi connectivity index (χ1n) is 15.8. The van der Waals surface area contributed by atoms with Gasteiger partial charge in [-0.15, -0.1) is 0 Å². The van der Waals surface area contributed by atoms with E-state index in [1.54, 1.807) is 66.4 Å². The third kappa shape index (κ3) is 10.3. The van der Waals surface area contributed by atoms with Crippen LogP contribution in [0.25, 0.3) is 0 Å². The number of rotatable bonds is 15. The smallest absolute Gasteiger partial charge is 0.433 e. The maximum Gasteiger partial charge on any atom is 0.433 e. The van der Waals surface area contributed by atoms with E-state index in [2.05, 4.69) is 15.2 Å². The van der Waals surface area contributed by atoms with E-state index in [0.29, 0.717) is 92.1 Å². The number of morpholine rings is 2. The molecule has 1 N–H and O–H groups in total. The van der Waals surface area contributed by atoms with Crippen molar-refractivity contribution >= 4 is 17.5 Å². The lowest BCUT2D eigenvalue weighted by atomic mass is 10.2. The van der Waals surface area contributed by atoms with Crippen LogP contribution >= 0.6 is 0 Å².